The zero-order valence-electron chi connectivity index (χ0n) is 10.2. The normalized spacial score (nSPS) is 12.7. The van der Waals surface area contributed by atoms with Crippen LogP contribution in [0.4, 0.5) is 0 Å². The van der Waals surface area contributed by atoms with Gasteiger partial charge in [-0.2, -0.15) is 0 Å². The predicted molar refractivity (Wildman–Crippen MR) is 78.9 cm³/mol. The lowest BCUT2D eigenvalue weighted by Gasteiger charge is -2.06. The molecule has 2 nitrogen and oxygen atoms in total. The van der Waals surface area contributed by atoms with Gasteiger partial charge in [0.05, 0.1) is 5.01 Å². The summed E-state index contributed by atoms with van der Waals surface area (Å²) in [6, 6.07) is 5.88. The summed E-state index contributed by atoms with van der Waals surface area (Å²) in [5, 5.41) is 5.62. The largest absolute Gasteiger partial charge is 0.312 e. The van der Waals surface area contributed by atoms with E-state index in [-0.39, 0.29) is 0 Å². The lowest BCUT2D eigenvalue weighted by atomic mass is 10.1. The highest BCUT2D eigenvalue weighted by Gasteiger charge is 2.11. The molecule has 0 radical (unpaired) electrons. The average Bonchev–Trinajstić information content (AvgIpc) is 2.81. The van der Waals surface area contributed by atoms with Crippen molar-refractivity contribution < 1.29 is 0 Å². The second kappa shape index (κ2) is 6.02. The minimum atomic E-state index is 0.318. The van der Waals surface area contributed by atoms with E-state index >= 15 is 0 Å². The summed E-state index contributed by atoms with van der Waals surface area (Å²) in [6.07, 6.45) is 2.59. The highest BCUT2D eigenvalue weighted by atomic mass is 35.5. The molecule has 2 rings (SSSR count). The van der Waals surface area contributed by atoms with Gasteiger partial charge in [0, 0.05) is 33.6 Å². The van der Waals surface area contributed by atoms with E-state index in [1.807, 2.05) is 31.4 Å². The van der Waals surface area contributed by atoms with Gasteiger partial charge in [0.1, 0.15) is 0 Å². The molecule has 1 heterocycles. The van der Waals surface area contributed by atoms with Crippen LogP contribution in [0.15, 0.2) is 24.4 Å². The molecule has 0 saturated carbocycles. The van der Waals surface area contributed by atoms with E-state index in [0.29, 0.717) is 22.5 Å². The zero-order chi connectivity index (χ0) is 13.1. The van der Waals surface area contributed by atoms with E-state index < -0.39 is 0 Å². The summed E-state index contributed by atoms with van der Waals surface area (Å²) in [4.78, 5) is 5.64. The van der Waals surface area contributed by atoms with Crippen LogP contribution in [0.5, 0.6) is 0 Å². The number of nitrogens with one attached hydrogen (secondary N) is 1. The maximum atomic E-state index is 6.16. The third-order valence-electron chi connectivity index (χ3n) is 2.82. The van der Waals surface area contributed by atoms with Crippen LogP contribution in [0.2, 0.25) is 10.0 Å². The summed E-state index contributed by atoms with van der Waals surface area (Å²) in [5.41, 5.74) is 0.943. The van der Waals surface area contributed by atoms with E-state index in [2.05, 4.69) is 17.2 Å². The Morgan fingerprint density at radius 2 is 2.00 bits per heavy atom. The highest BCUT2D eigenvalue weighted by molar-refractivity contribution is 7.11. The Kier molecular flexibility index (Phi) is 4.62. The Bertz CT molecular complexity index is 519. The Morgan fingerprint density at radius 3 is 2.61 bits per heavy atom. The van der Waals surface area contributed by atoms with Crippen LogP contribution in [0, 0.1) is 0 Å². The minimum Gasteiger partial charge on any atom is -0.312 e. The highest BCUT2D eigenvalue weighted by Crippen LogP contribution is 2.29. The van der Waals surface area contributed by atoms with E-state index in [0.717, 1.165) is 10.6 Å². The van der Waals surface area contributed by atoms with Gasteiger partial charge >= 0.3 is 0 Å². The molecule has 1 atom stereocenters. The molecule has 1 aromatic carbocycles. The molecule has 0 bridgehead atoms. The van der Waals surface area contributed by atoms with Gasteiger partial charge in [-0.3, -0.25) is 0 Å². The molecule has 0 fully saturated rings. The van der Waals surface area contributed by atoms with Crippen molar-refractivity contribution >= 4 is 34.5 Å². The van der Waals surface area contributed by atoms with Gasteiger partial charge in [0.2, 0.25) is 0 Å². The van der Waals surface area contributed by atoms with Crippen LogP contribution in [-0.4, -0.2) is 12.0 Å². The van der Waals surface area contributed by atoms with Crippen molar-refractivity contribution in [3.63, 3.8) is 0 Å². The second-order valence-electron chi connectivity index (χ2n) is 4.04. The molecule has 1 unspecified atom stereocenters. The van der Waals surface area contributed by atoms with Crippen LogP contribution >= 0.6 is 34.5 Å². The fraction of sp³-hybridized carbons (Fsp3) is 0.308. The third-order valence-corrected chi connectivity index (χ3v) is 4.71. The molecular formula is C13H14Cl2N2S. The molecule has 2 aromatic rings. The van der Waals surface area contributed by atoms with Gasteiger partial charge in [0.25, 0.3) is 0 Å². The Balaban J connectivity index is 2.21. The van der Waals surface area contributed by atoms with Gasteiger partial charge in [-0.25, -0.2) is 4.98 Å². The van der Waals surface area contributed by atoms with Crippen molar-refractivity contribution in [3.8, 4) is 0 Å². The lowest BCUT2D eigenvalue weighted by molar-refractivity contribution is 0.662. The van der Waals surface area contributed by atoms with Crippen LogP contribution in [0.25, 0.3) is 0 Å². The van der Waals surface area contributed by atoms with Crippen molar-refractivity contribution in [1.82, 2.24) is 10.3 Å². The topological polar surface area (TPSA) is 24.9 Å². The Hall–Kier alpha value is -0.610. The quantitative estimate of drug-likeness (QED) is 0.909. The predicted octanol–water partition coefficient (Wildman–Crippen LogP) is 4.32. The van der Waals surface area contributed by atoms with Gasteiger partial charge < -0.3 is 5.32 Å². The van der Waals surface area contributed by atoms with Crippen molar-refractivity contribution in [2.75, 3.05) is 7.05 Å². The molecule has 0 aliphatic rings. The molecule has 96 valence electrons. The first-order valence-electron chi connectivity index (χ1n) is 5.66. The number of thiazole rings is 1. The first-order chi connectivity index (χ1) is 8.61. The molecule has 1 N–H and O–H groups in total. The van der Waals surface area contributed by atoms with Crippen LogP contribution in [0.1, 0.15) is 28.4 Å². The van der Waals surface area contributed by atoms with Crippen LogP contribution in [-0.2, 0) is 6.42 Å². The minimum absolute atomic E-state index is 0.318. The van der Waals surface area contributed by atoms with E-state index in [9.17, 15) is 0 Å². The summed E-state index contributed by atoms with van der Waals surface area (Å²) in [6.45, 7) is 2.11. The molecule has 0 saturated heterocycles. The van der Waals surface area contributed by atoms with Gasteiger partial charge in [-0.15, -0.1) is 11.3 Å². The summed E-state index contributed by atoms with van der Waals surface area (Å²) >= 11 is 14.0. The van der Waals surface area contributed by atoms with Crippen LogP contribution in [0.3, 0.4) is 0 Å². The Morgan fingerprint density at radius 1 is 1.33 bits per heavy atom. The number of hydrogen-bond acceptors (Lipinski definition) is 3. The van der Waals surface area contributed by atoms with Gasteiger partial charge in [0.15, 0.2) is 0 Å². The maximum Gasteiger partial charge on any atom is 0.0973 e. The van der Waals surface area contributed by atoms with Crippen molar-refractivity contribution in [1.29, 1.82) is 0 Å². The molecule has 0 aliphatic carbocycles. The third kappa shape index (κ3) is 3.04. The fourth-order valence-corrected chi connectivity index (χ4v) is 3.13. The van der Waals surface area contributed by atoms with Gasteiger partial charge in [-0.05, 0) is 31.7 Å². The van der Waals surface area contributed by atoms with E-state index in [1.165, 1.54) is 4.88 Å². The number of halogens is 2. The molecule has 1 aromatic heterocycles. The van der Waals surface area contributed by atoms with Crippen molar-refractivity contribution in [2.24, 2.45) is 0 Å². The van der Waals surface area contributed by atoms with Gasteiger partial charge in [-0.1, -0.05) is 29.3 Å². The molecule has 0 spiro atoms. The standard InChI is InChI=1S/C13H14Cl2N2S/c1-8(16-2)12-7-17-13(18-12)6-9-10(14)4-3-5-11(9)15/h3-5,7-8,16H,6H2,1-2H3. The number of hydrogen-bond donors (Lipinski definition) is 1. The van der Waals surface area contributed by atoms with Crippen LogP contribution < -0.4 is 5.32 Å². The number of aromatic nitrogens is 1. The first-order valence-corrected chi connectivity index (χ1v) is 7.23. The summed E-state index contributed by atoms with van der Waals surface area (Å²) < 4.78 is 0. The lowest BCUT2D eigenvalue weighted by Crippen LogP contribution is -2.10. The molecular weight excluding hydrogens is 287 g/mol. The summed E-state index contributed by atoms with van der Waals surface area (Å²) in [5.74, 6) is 0. The maximum absolute atomic E-state index is 6.16. The van der Waals surface area contributed by atoms with Crippen molar-refractivity contribution in [2.45, 2.75) is 19.4 Å². The molecule has 0 aliphatic heterocycles. The molecule has 5 heteroatoms. The number of rotatable bonds is 4. The fourth-order valence-electron chi connectivity index (χ4n) is 1.60. The SMILES string of the molecule is CNC(C)c1cnc(Cc2c(Cl)cccc2Cl)s1. The average molecular weight is 301 g/mol. The number of benzene rings is 1. The monoisotopic (exact) mass is 300 g/mol. The zero-order valence-corrected chi connectivity index (χ0v) is 12.5. The Labute approximate surface area is 121 Å². The smallest absolute Gasteiger partial charge is 0.0973 e. The van der Waals surface area contributed by atoms with E-state index in [1.54, 1.807) is 11.3 Å². The second-order valence-corrected chi connectivity index (χ2v) is 6.00. The molecule has 0 amide bonds. The number of nitrogens with zero attached hydrogens (tertiary/aromatic N) is 1. The summed E-state index contributed by atoms with van der Waals surface area (Å²) in [7, 11) is 1.94. The molecule has 18 heavy (non-hydrogen) atoms. The first kappa shape index (κ1) is 13.8. The van der Waals surface area contributed by atoms with E-state index in [4.69, 9.17) is 23.2 Å². The van der Waals surface area contributed by atoms with Crippen molar-refractivity contribution in [3.05, 3.63) is 49.9 Å².